The van der Waals surface area contributed by atoms with E-state index in [4.69, 9.17) is 18.1 Å². The number of rotatable bonds is 2. The van der Waals surface area contributed by atoms with Crippen LogP contribution in [0.3, 0.4) is 0 Å². The molecule has 0 saturated carbocycles. The van der Waals surface area contributed by atoms with Gasteiger partial charge in [0.15, 0.2) is 0 Å². The van der Waals surface area contributed by atoms with Crippen LogP contribution in [0.2, 0.25) is 0 Å². The first-order valence-electron chi connectivity index (χ1n) is 5.38. The molecule has 2 heterocycles. The molecule has 0 aliphatic carbocycles. The molecule has 2 N–H and O–H groups in total. The Labute approximate surface area is 96.0 Å². The van der Waals surface area contributed by atoms with Crippen molar-refractivity contribution in [1.29, 1.82) is 0 Å². The van der Waals surface area contributed by atoms with Gasteiger partial charge in [-0.3, -0.25) is 0 Å². The van der Waals surface area contributed by atoms with Crippen molar-refractivity contribution in [3.63, 3.8) is 0 Å². The van der Waals surface area contributed by atoms with E-state index in [1.807, 2.05) is 0 Å². The lowest BCUT2D eigenvalue weighted by Gasteiger charge is -2.45. The second kappa shape index (κ2) is 5.09. The summed E-state index contributed by atoms with van der Waals surface area (Å²) >= 11 is 0. The van der Waals surface area contributed by atoms with Gasteiger partial charge in [-0.15, -0.1) is 0 Å². The molecule has 2 radical (unpaired) electrons. The first-order valence-corrected chi connectivity index (χ1v) is 8.67. The van der Waals surface area contributed by atoms with Crippen molar-refractivity contribution in [2.75, 3.05) is 26.4 Å². The van der Waals surface area contributed by atoms with Crippen LogP contribution in [0.1, 0.15) is 19.8 Å². The maximum Gasteiger partial charge on any atom is 0.244 e. The Hall–Kier alpha value is 0.620. The summed E-state index contributed by atoms with van der Waals surface area (Å²) in [5.74, 6) is 0. The highest BCUT2D eigenvalue weighted by Gasteiger charge is 2.51. The Morgan fingerprint density at radius 3 is 1.44 bits per heavy atom. The summed E-state index contributed by atoms with van der Waals surface area (Å²) < 4.78 is 21.2. The van der Waals surface area contributed by atoms with Crippen molar-refractivity contribution in [3.8, 4) is 0 Å². The highest BCUT2D eigenvalue weighted by molar-refractivity contribution is 7.79. The molecule has 0 atom stereocenters. The van der Waals surface area contributed by atoms with E-state index in [0.29, 0.717) is 26.4 Å². The van der Waals surface area contributed by atoms with Crippen LogP contribution in [0.4, 0.5) is 0 Å². The Bertz CT molecular complexity index is 215. The van der Waals surface area contributed by atoms with Gasteiger partial charge in [-0.2, -0.15) is 0 Å². The van der Waals surface area contributed by atoms with Crippen LogP contribution in [-0.2, 0) is 18.1 Å². The van der Waals surface area contributed by atoms with Gasteiger partial charge < -0.3 is 27.9 Å². The van der Waals surface area contributed by atoms with Gasteiger partial charge in [-0.1, -0.05) is 0 Å². The lowest BCUT2D eigenvalue weighted by molar-refractivity contribution is 0.0992. The van der Waals surface area contributed by atoms with E-state index in [1.54, 1.807) is 6.92 Å². The zero-order valence-electron chi connectivity index (χ0n) is 9.24. The van der Waals surface area contributed by atoms with Crippen molar-refractivity contribution >= 4 is 15.9 Å². The van der Waals surface area contributed by atoms with E-state index in [-0.39, 0.29) is 0 Å². The van der Waals surface area contributed by atoms with E-state index in [1.165, 1.54) is 0 Å². The van der Waals surface area contributed by atoms with Gasteiger partial charge in [0.2, 0.25) is 15.9 Å². The smallest absolute Gasteiger partial charge is 0.244 e. The fraction of sp³-hybridized carbons (Fsp3) is 1.00. The van der Waals surface area contributed by atoms with Crippen molar-refractivity contribution in [3.05, 3.63) is 0 Å². The molecule has 0 bridgehead atoms. The Kier molecular flexibility index (Phi) is 4.15. The molecule has 0 aromatic rings. The Balaban J connectivity index is 2.06. The maximum atomic E-state index is 10.2. The zero-order chi connectivity index (χ0) is 11.6. The Morgan fingerprint density at radius 2 is 1.12 bits per heavy atom. The van der Waals surface area contributed by atoms with Crippen molar-refractivity contribution in [1.82, 2.24) is 0 Å². The summed E-state index contributed by atoms with van der Waals surface area (Å²) in [6, 6.07) is 0. The van der Waals surface area contributed by atoms with Crippen LogP contribution in [-0.4, -0.2) is 41.6 Å². The van der Waals surface area contributed by atoms with E-state index in [9.17, 15) is 9.79 Å². The first-order chi connectivity index (χ1) is 7.57. The molecular formula is C8H18O6P2. The van der Waals surface area contributed by atoms with Gasteiger partial charge in [0.1, 0.15) is 5.40 Å². The third-order valence-electron chi connectivity index (χ3n) is 2.63. The molecule has 6 nitrogen and oxygen atoms in total. The van der Waals surface area contributed by atoms with E-state index in [2.05, 4.69) is 0 Å². The van der Waals surface area contributed by atoms with Crippen LogP contribution >= 0.6 is 15.9 Å². The van der Waals surface area contributed by atoms with Gasteiger partial charge in [0.25, 0.3) is 0 Å². The van der Waals surface area contributed by atoms with E-state index >= 15 is 0 Å². The van der Waals surface area contributed by atoms with Crippen LogP contribution in [0.15, 0.2) is 0 Å². The van der Waals surface area contributed by atoms with Gasteiger partial charge >= 0.3 is 0 Å². The minimum absolute atomic E-state index is 0.453. The molecule has 2 aliphatic heterocycles. The molecule has 96 valence electrons. The molecule has 0 aromatic heterocycles. The fourth-order valence-corrected chi connectivity index (χ4v) is 6.44. The highest BCUT2D eigenvalue weighted by Crippen LogP contribution is 2.79. The second-order valence-electron chi connectivity index (χ2n) is 3.80. The maximum absolute atomic E-state index is 10.2. The predicted octanol–water partition coefficient (Wildman–Crippen LogP) is 1.72. The predicted molar refractivity (Wildman–Crippen MR) is 60.8 cm³/mol. The quantitative estimate of drug-likeness (QED) is 0.745. The van der Waals surface area contributed by atoms with E-state index in [0.717, 1.165) is 12.8 Å². The highest BCUT2D eigenvalue weighted by atomic mass is 31.3. The zero-order valence-corrected chi connectivity index (χ0v) is 11.0. The third kappa shape index (κ3) is 2.55. The number of hydrogen-bond acceptors (Lipinski definition) is 6. The average molecular weight is 272 g/mol. The number of hydrogen-bond donors (Lipinski definition) is 2. The van der Waals surface area contributed by atoms with Crippen LogP contribution in [0.25, 0.3) is 0 Å². The summed E-state index contributed by atoms with van der Waals surface area (Å²) in [6.07, 6.45) is 1.52. The fourth-order valence-electron chi connectivity index (χ4n) is 1.59. The average Bonchev–Trinajstić information content (AvgIpc) is 2.30. The largest absolute Gasteiger partial charge is 0.335 e. The molecule has 2 aliphatic rings. The van der Waals surface area contributed by atoms with Crippen LogP contribution in [0.5, 0.6) is 0 Å². The van der Waals surface area contributed by atoms with Crippen LogP contribution in [0, 0.1) is 0 Å². The van der Waals surface area contributed by atoms with Gasteiger partial charge in [0, 0.05) is 0 Å². The minimum Gasteiger partial charge on any atom is -0.335 e. The molecule has 2 fully saturated rings. The molecule has 0 aromatic carbocycles. The summed E-state index contributed by atoms with van der Waals surface area (Å²) in [5, 5.41) is -0.624. The molecule has 8 heteroatoms. The lowest BCUT2D eigenvalue weighted by atomic mass is 10.5. The molecule has 2 saturated heterocycles. The van der Waals surface area contributed by atoms with Gasteiger partial charge in [-0.05, 0) is 19.8 Å². The molecule has 16 heavy (non-hydrogen) atoms. The van der Waals surface area contributed by atoms with Crippen molar-refractivity contribution in [2.45, 2.75) is 25.2 Å². The summed E-state index contributed by atoms with van der Waals surface area (Å²) in [6.45, 7) is 3.48. The molecule has 2 rings (SSSR count). The lowest BCUT2D eigenvalue weighted by Crippen LogP contribution is -2.27. The summed E-state index contributed by atoms with van der Waals surface area (Å²) in [7, 11) is -6.08. The Morgan fingerprint density at radius 1 is 0.812 bits per heavy atom. The van der Waals surface area contributed by atoms with Gasteiger partial charge in [0.05, 0.1) is 26.4 Å². The summed E-state index contributed by atoms with van der Waals surface area (Å²) in [4.78, 5) is 20.5. The topological polar surface area (TPSA) is 77.4 Å². The molecular weight excluding hydrogens is 254 g/mol. The first kappa shape index (κ1) is 13.1. The molecule has 0 unspecified atom stereocenters. The normalized spacial score (nSPS) is 29.2. The van der Waals surface area contributed by atoms with Crippen molar-refractivity contribution in [2.24, 2.45) is 0 Å². The molecule has 0 spiro atoms. The third-order valence-corrected chi connectivity index (χ3v) is 8.48. The molecule has 0 amide bonds. The van der Waals surface area contributed by atoms with Crippen molar-refractivity contribution < 1.29 is 27.9 Å². The second-order valence-corrected chi connectivity index (χ2v) is 9.05. The SMILES string of the molecule is CC([P]1(O)OCCCO1)[P]1(O)OCCCO1. The van der Waals surface area contributed by atoms with E-state index < -0.39 is 21.3 Å². The van der Waals surface area contributed by atoms with Gasteiger partial charge in [-0.25, -0.2) is 0 Å². The minimum atomic E-state index is -3.04. The summed E-state index contributed by atoms with van der Waals surface area (Å²) in [5.41, 5.74) is 0. The van der Waals surface area contributed by atoms with Crippen LogP contribution < -0.4 is 0 Å². The monoisotopic (exact) mass is 272 g/mol. The standard InChI is InChI=1S/C8H18O6P2/c1-8(15(9)11-4-2-5-12-15)16(10)13-6-3-7-14-16/h8-10H,2-7H2,1H3.